The van der Waals surface area contributed by atoms with Crippen molar-refractivity contribution in [3.8, 4) is 0 Å². The number of pyridine rings is 1. The molecule has 1 amide bonds. The number of halogens is 1. The standard InChI is InChI=1S/C14H12ClN3O3/c1-9-4-3-5-13(16-9)17(2)14(19)11-8-10(15)6-7-12(11)18(20)21/h3-8H,1-2H3. The largest absolute Gasteiger partial charge is 0.296 e. The molecule has 0 unspecified atom stereocenters. The Labute approximate surface area is 126 Å². The fraction of sp³-hybridized carbons (Fsp3) is 0.143. The molecule has 21 heavy (non-hydrogen) atoms. The molecule has 0 aliphatic heterocycles. The van der Waals surface area contributed by atoms with E-state index < -0.39 is 10.8 Å². The zero-order valence-electron chi connectivity index (χ0n) is 11.4. The molecule has 0 bridgehead atoms. The maximum atomic E-state index is 12.5. The molecule has 6 nitrogen and oxygen atoms in total. The third-order valence-corrected chi connectivity index (χ3v) is 3.14. The van der Waals surface area contributed by atoms with Crippen LogP contribution in [0.1, 0.15) is 16.1 Å². The van der Waals surface area contributed by atoms with Gasteiger partial charge in [-0.15, -0.1) is 0 Å². The highest BCUT2D eigenvalue weighted by atomic mass is 35.5. The average molecular weight is 306 g/mol. The summed E-state index contributed by atoms with van der Waals surface area (Å²) < 4.78 is 0. The van der Waals surface area contributed by atoms with Crippen molar-refractivity contribution in [2.75, 3.05) is 11.9 Å². The summed E-state index contributed by atoms with van der Waals surface area (Å²) in [6.07, 6.45) is 0. The van der Waals surface area contributed by atoms with Crippen molar-refractivity contribution in [2.24, 2.45) is 0 Å². The lowest BCUT2D eigenvalue weighted by molar-refractivity contribution is -0.385. The van der Waals surface area contributed by atoms with Crippen LogP contribution in [0.25, 0.3) is 0 Å². The van der Waals surface area contributed by atoms with Gasteiger partial charge >= 0.3 is 0 Å². The molecule has 0 radical (unpaired) electrons. The number of rotatable bonds is 3. The zero-order valence-corrected chi connectivity index (χ0v) is 12.2. The van der Waals surface area contributed by atoms with Crippen LogP contribution in [0.4, 0.5) is 11.5 Å². The highest BCUT2D eigenvalue weighted by Crippen LogP contribution is 2.25. The first kappa shape index (κ1) is 14.9. The first-order valence-corrected chi connectivity index (χ1v) is 6.43. The van der Waals surface area contributed by atoms with E-state index in [9.17, 15) is 14.9 Å². The van der Waals surface area contributed by atoms with Crippen LogP contribution in [0.5, 0.6) is 0 Å². The van der Waals surface area contributed by atoms with Crippen LogP contribution in [0.15, 0.2) is 36.4 Å². The maximum Gasteiger partial charge on any atom is 0.282 e. The van der Waals surface area contributed by atoms with Crippen LogP contribution in [-0.4, -0.2) is 22.9 Å². The highest BCUT2D eigenvalue weighted by molar-refractivity contribution is 6.31. The maximum absolute atomic E-state index is 12.5. The second-order valence-corrected chi connectivity index (χ2v) is 4.86. The number of anilines is 1. The number of carbonyl (C=O) groups is 1. The van der Waals surface area contributed by atoms with Gasteiger partial charge in [-0.05, 0) is 31.2 Å². The molecule has 0 atom stereocenters. The Morgan fingerprint density at radius 3 is 2.67 bits per heavy atom. The number of hydrogen-bond acceptors (Lipinski definition) is 4. The van der Waals surface area contributed by atoms with Crippen molar-refractivity contribution < 1.29 is 9.72 Å². The topological polar surface area (TPSA) is 76.3 Å². The molecule has 0 spiro atoms. The SMILES string of the molecule is Cc1cccc(N(C)C(=O)c2cc(Cl)ccc2[N+](=O)[O-])n1. The lowest BCUT2D eigenvalue weighted by Crippen LogP contribution is -2.27. The Kier molecular flexibility index (Phi) is 4.18. The number of nitrogens with zero attached hydrogens (tertiary/aromatic N) is 3. The van der Waals surface area contributed by atoms with Crippen molar-refractivity contribution in [1.29, 1.82) is 0 Å². The summed E-state index contributed by atoms with van der Waals surface area (Å²) in [6.45, 7) is 1.80. The van der Waals surface area contributed by atoms with Crippen LogP contribution in [-0.2, 0) is 0 Å². The average Bonchev–Trinajstić information content (AvgIpc) is 2.45. The van der Waals surface area contributed by atoms with E-state index in [1.165, 1.54) is 30.1 Å². The van der Waals surface area contributed by atoms with Crippen molar-refractivity contribution in [3.05, 3.63) is 62.8 Å². The number of carbonyl (C=O) groups excluding carboxylic acids is 1. The van der Waals surface area contributed by atoms with Gasteiger partial charge in [0, 0.05) is 23.8 Å². The van der Waals surface area contributed by atoms with Crippen LogP contribution < -0.4 is 4.90 Å². The van der Waals surface area contributed by atoms with Gasteiger partial charge in [0.2, 0.25) is 0 Å². The number of amides is 1. The first-order chi connectivity index (χ1) is 9.90. The molecule has 0 N–H and O–H groups in total. The number of aryl methyl sites for hydroxylation is 1. The molecule has 7 heteroatoms. The minimum Gasteiger partial charge on any atom is -0.296 e. The van der Waals surface area contributed by atoms with Crippen LogP contribution in [0, 0.1) is 17.0 Å². The smallest absolute Gasteiger partial charge is 0.282 e. The number of hydrogen-bond donors (Lipinski definition) is 0. The highest BCUT2D eigenvalue weighted by Gasteiger charge is 2.24. The fourth-order valence-corrected chi connectivity index (χ4v) is 2.01. The predicted octanol–water partition coefficient (Wildman–Crippen LogP) is 3.23. The van der Waals surface area contributed by atoms with E-state index in [1.54, 1.807) is 25.1 Å². The zero-order chi connectivity index (χ0) is 15.6. The third kappa shape index (κ3) is 3.17. The van der Waals surface area contributed by atoms with Gasteiger partial charge in [-0.25, -0.2) is 4.98 Å². The molecule has 0 saturated carbocycles. The summed E-state index contributed by atoms with van der Waals surface area (Å²) in [5.41, 5.74) is 0.384. The van der Waals surface area contributed by atoms with Gasteiger partial charge in [0.1, 0.15) is 11.4 Å². The van der Waals surface area contributed by atoms with Crippen LogP contribution in [0.2, 0.25) is 5.02 Å². The Balaban J connectivity index is 2.44. The molecule has 2 aromatic rings. The van der Waals surface area contributed by atoms with E-state index in [4.69, 9.17) is 11.6 Å². The van der Waals surface area contributed by atoms with Crippen molar-refractivity contribution >= 4 is 29.0 Å². The van der Waals surface area contributed by atoms with Gasteiger partial charge in [-0.1, -0.05) is 17.7 Å². The lowest BCUT2D eigenvalue weighted by atomic mass is 10.1. The number of nitro benzene ring substituents is 1. The van der Waals surface area contributed by atoms with Gasteiger partial charge in [0.25, 0.3) is 11.6 Å². The first-order valence-electron chi connectivity index (χ1n) is 6.06. The van der Waals surface area contributed by atoms with Gasteiger partial charge in [-0.3, -0.25) is 19.8 Å². The number of nitro groups is 1. The quantitative estimate of drug-likeness (QED) is 0.644. The molecule has 1 heterocycles. The van der Waals surface area contributed by atoms with E-state index in [-0.39, 0.29) is 16.3 Å². The van der Waals surface area contributed by atoms with E-state index in [2.05, 4.69) is 4.98 Å². The van der Waals surface area contributed by atoms with E-state index in [0.717, 1.165) is 5.69 Å². The Morgan fingerprint density at radius 2 is 2.05 bits per heavy atom. The Bertz CT molecular complexity index is 718. The fourth-order valence-electron chi connectivity index (χ4n) is 1.84. The summed E-state index contributed by atoms with van der Waals surface area (Å²) in [5, 5.41) is 11.3. The molecule has 0 saturated heterocycles. The second-order valence-electron chi connectivity index (χ2n) is 4.42. The molecular formula is C14H12ClN3O3. The summed E-state index contributed by atoms with van der Waals surface area (Å²) in [5.74, 6) is -0.128. The predicted molar refractivity (Wildman–Crippen MR) is 79.8 cm³/mol. The monoisotopic (exact) mass is 305 g/mol. The van der Waals surface area contributed by atoms with Gasteiger partial charge in [0.05, 0.1) is 4.92 Å². The molecule has 2 rings (SSSR count). The second kappa shape index (κ2) is 5.88. The minimum atomic E-state index is -0.610. The van der Waals surface area contributed by atoms with Crippen molar-refractivity contribution in [3.63, 3.8) is 0 Å². The van der Waals surface area contributed by atoms with E-state index >= 15 is 0 Å². The summed E-state index contributed by atoms with van der Waals surface area (Å²) >= 11 is 5.83. The minimum absolute atomic E-state index is 0.0710. The molecule has 0 aliphatic carbocycles. The van der Waals surface area contributed by atoms with Gasteiger partial charge in [0.15, 0.2) is 0 Å². The van der Waals surface area contributed by atoms with E-state index in [0.29, 0.717) is 5.82 Å². The Morgan fingerprint density at radius 1 is 1.33 bits per heavy atom. The third-order valence-electron chi connectivity index (χ3n) is 2.91. The summed E-state index contributed by atoms with van der Waals surface area (Å²) in [6, 6.07) is 9.08. The van der Waals surface area contributed by atoms with Gasteiger partial charge < -0.3 is 0 Å². The molecule has 0 aliphatic rings. The van der Waals surface area contributed by atoms with Crippen molar-refractivity contribution in [2.45, 2.75) is 6.92 Å². The van der Waals surface area contributed by atoms with Crippen molar-refractivity contribution in [1.82, 2.24) is 4.98 Å². The Hall–Kier alpha value is -2.47. The molecule has 108 valence electrons. The summed E-state index contributed by atoms with van der Waals surface area (Å²) in [7, 11) is 1.51. The van der Waals surface area contributed by atoms with Crippen LogP contribution in [0.3, 0.4) is 0 Å². The number of benzene rings is 1. The number of aromatic nitrogens is 1. The molecule has 1 aromatic carbocycles. The molecule has 1 aromatic heterocycles. The van der Waals surface area contributed by atoms with E-state index in [1.807, 2.05) is 0 Å². The summed E-state index contributed by atoms with van der Waals surface area (Å²) in [4.78, 5) is 28.3. The normalized spacial score (nSPS) is 10.2. The van der Waals surface area contributed by atoms with Crippen LogP contribution >= 0.6 is 11.6 Å². The van der Waals surface area contributed by atoms with Gasteiger partial charge in [-0.2, -0.15) is 0 Å². The molecular weight excluding hydrogens is 294 g/mol. The lowest BCUT2D eigenvalue weighted by Gasteiger charge is -2.16. The molecule has 0 fully saturated rings.